The number of hydrogen-bond donors (Lipinski definition) is 1. The molecule has 17 heavy (non-hydrogen) atoms. The van der Waals surface area contributed by atoms with Crippen molar-refractivity contribution in [1.29, 1.82) is 0 Å². The summed E-state index contributed by atoms with van der Waals surface area (Å²) < 4.78 is 5.24. The van der Waals surface area contributed by atoms with Gasteiger partial charge < -0.3 is 15.0 Å². The first-order valence-corrected chi connectivity index (χ1v) is 6.11. The molecule has 3 heteroatoms. The standard InChI is InChI=1S/C14H24N2O/c1-11(2)14(15-3)10-16(4)12-7-6-8-13(9-12)17-5/h6-9,11,14-15H,10H2,1-5H3. The zero-order valence-electron chi connectivity index (χ0n) is 11.5. The fraction of sp³-hybridized carbons (Fsp3) is 0.571. The van der Waals surface area contributed by atoms with Gasteiger partial charge in [0, 0.05) is 31.4 Å². The summed E-state index contributed by atoms with van der Waals surface area (Å²) >= 11 is 0. The zero-order valence-corrected chi connectivity index (χ0v) is 11.5. The number of hydrogen-bond acceptors (Lipinski definition) is 3. The van der Waals surface area contributed by atoms with Crippen molar-refractivity contribution in [1.82, 2.24) is 5.32 Å². The van der Waals surface area contributed by atoms with Crippen LogP contribution in [0.1, 0.15) is 13.8 Å². The number of anilines is 1. The summed E-state index contributed by atoms with van der Waals surface area (Å²) in [6.45, 7) is 5.46. The maximum Gasteiger partial charge on any atom is 0.120 e. The summed E-state index contributed by atoms with van der Waals surface area (Å²) in [7, 11) is 5.83. The van der Waals surface area contributed by atoms with E-state index in [9.17, 15) is 0 Å². The van der Waals surface area contributed by atoms with E-state index in [1.54, 1.807) is 7.11 Å². The fourth-order valence-electron chi connectivity index (χ4n) is 1.88. The van der Waals surface area contributed by atoms with E-state index in [1.807, 2.05) is 19.2 Å². The first-order chi connectivity index (χ1) is 8.08. The molecule has 0 aromatic heterocycles. The summed E-state index contributed by atoms with van der Waals surface area (Å²) in [6.07, 6.45) is 0. The van der Waals surface area contributed by atoms with E-state index in [0.29, 0.717) is 12.0 Å². The van der Waals surface area contributed by atoms with Crippen LogP contribution in [-0.2, 0) is 0 Å². The Morgan fingerprint density at radius 3 is 2.59 bits per heavy atom. The minimum atomic E-state index is 0.492. The van der Waals surface area contributed by atoms with Crippen molar-refractivity contribution in [2.45, 2.75) is 19.9 Å². The number of benzene rings is 1. The molecule has 0 bridgehead atoms. The molecule has 3 nitrogen and oxygen atoms in total. The molecule has 0 saturated heterocycles. The van der Waals surface area contributed by atoms with E-state index in [4.69, 9.17) is 4.74 Å². The quantitative estimate of drug-likeness (QED) is 0.820. The van der Waals surface area contributed by atoms with Crippen molar-refractivity contribution < 1.29 is 4.74 Å². The van der Waals surface area contributed by atoms with Gasteiger partial charge in [0.2, 0.25) is 0 Å². The molecule has 0 saturated carbocycles. The molecule has 1 aromatic carbocycles. The Morgan fingerprint density at radius 1 is 1.35 bits per heavy atom. The average molecular weight is 236 g/mol. The predicted octanol–water partition coefficient (Wildman–Crippen LogP) is 2.38. The monoisotopic (exact) mass is 236 g/mol. The fourth-order valence-corrected chi connectivity index (χ4v) is 1.88. The van der Waals surface area contributed by atoms with Crippen LogP contribution < -0.4 is 15.0 Å². The van der Waals surface area contributed by atoms with Crippen molar-refractivity contribution in [2.75, 3.05) is 32.6 Å². The summed E-state index contributed by atoms with van der Waals surface area (Å²) in [4.78, 5) is 2.25. The van der Waals surface area contributed by atoms with Crippen molar-refractivity contribution in [3.05, 3.63) is 24.3 Å². The van der Waals surface area contributed by atoms with Crippen molar-refractivity contribution >= 4 is 5.69 Å². The van der Waals surface area contributed by atoms with Crippen molar-refractivity contribution in [3.63, 3.8) is 0 Å². The number of nitrogens with one attached hydrogen (secondary N) is 1. The number of methoxy groups -OCH3 is 1. The number of ether oxygens (including phenoxy) is 1. The Hall–Kier alpha value is -1.22. The molecule has 0 radical (unpaired) electrons. The Bertz CT molecular complexity index is 339. The average Bonchev–Trinajstić information content (AvgIpc) is 2.35. The van der Waals surface area contributed by atoms with Gasteiger partial charge in [-0.05, 0) is 25.1 Å². The Kier molecular flexibility index (Phi) is 5.29. The van der Waals surface area contributed by atoms with Crippen LogP contribution in [0, 0.1) is 5.92 Å². The summed E-state index contributed by atoms with van der Waals surface area (Å²) in [5.41, 5.74) is 1.19. The van der Waals surface area contributed by atoms with Crippen LogP contribution in [-0.4, -0.2) is 33.8 Å². The molecule has 0 aliphatic carbocycles. The lowest BCUT2D eigenvalue weighted by atomic mass is 10.0. The van der Waals surface area contributed by atoms with E-state index >= 15 is 0 Å². The second-order valence-corrected chi connectivity index (χ2v) is 4.72. The maximum absolute atomic E-state index is 5.24. The van der Waals surface area contributed by atoms with Gasteiger partial charge in [-0.2, -0.15) is 0 Å². The summed E-state index contributed by atoms with van der Waals surface area (Å²) in [5, 5.41) is 3.36. The van der Waals surface area contributed by atoms with Gasteiger partial charge in [-0.3, -0.25) is 0 Å². The Morgan fingerprint density at radius 2 is 2.06 bits per heavy atom. The van der Waals surface area contributed by atoms with Crippen LogP contribution in [0.2, 0.25) is 0 Å². The molecule has 0 heterocycles. The lowest BCUT2D eigenvalue weighted by molar-refractivity contribution is 0.413. The van der Waals surface area contributed by atoms with Gasteiger partial charge in [0.05, 0.1) is 7.11 Å². The van der Waals surface area contributed by atoms with E-state index in [0.717, 1.165) is 12.3 Å². The van der Waals surface area contributed by atoms with Crippen LogP contribution >= 0.6 is 0 Å². The molecule has 0 aliphatic heterocycles. The highest BCUT2D eigenvalue weighted by Crippen LogP contribution is 2.20. The predicted molar refractivity (Wildman–Crippen MR) is 73.9 cm³/mol. The third-order valence-electron chi connectivity index (χ3n) is 3.14. The van der Waals surface area contributed by atoms with E-state index in [2.05, 4.69) is 43.2 Å². The lowest BCUT2D eigenvalue weighted by Gasteiger charge is -2.28. The number of likely N-dealkylation sites (N-methyl/N-ethyl adjacent to an activating group) is 2. The largest absolute Gasteiger partial charge is 0.497 e. The van der Waals surface area contributed by atoms with Crippen LogP contribution in [0.3, 0.4) is 0 Å². The molecule has 1 aromatic rings. The molecular weight excluding hydrogens is 212 g/mol. The SMILES string of the molecule is CNC(CN(C)c1cccc(OC)c1)C(C)C. The van der Waals surface area contributed by atoms with Gasteiger partial charge in [-0.15, -0.1) is 0 Å². The number of rotatable bonds is 6. The highest BCUT2D eigenvalue weighted by Gasteiger charge is 2.13. The Balaban J connectivity index is 2.71. The van der Waals surface area contributed by atoms with E-state index in [-0.39, 0.29) is 0 Å². The third kappa shape index (κ3) is 3.93. The van der Waals surface area contributed by atoms with Crippen LogP contribution in [0.15, 0.2) is 24.3 Å². The van der Waals surface area contributed by atoms with Gasteiger partial charge in [-0.1, -0.05) is 19.9 Å². The third-order valence-corrected chi connectivity index (χ3v) is 3.14. The van der Waals surface area contributed by atoms with Gasteiger partial charge in [0.25, 0.3) is 0 Å². The summed E-state index contributed by atoms with van der Waals surface area (Å²) in [5.74, 6) is 1.52. The maximum atomic E-state index is 5.24. The molecule has 0 spiro atoms. The van der Waals surface area contributed by atoms with E-state index < -0.39 is 0 Å². The Labute approximate surface area is 105 Å². The molecule has 1 rings (SSSR count). The smallest absolute Gasteiger partial charge is 0.120 e. The number of nitrogens with zero attached hydrogens (tertiary/aromatic N) is 1. The zero-order chi connectivity index (χ0) is 12.8. The van der Waals surface area contributed by atoms with Gasteiger partial charge in [0.15, 0.2) is 0 Å². The molecule has 1 N–H and O–H groups in total. The topological polar surface area (TPSA) is 24.5 Å². The molecule has 96 valence electrons. The minimum absolute atomic E-state index is 0.492. The molecule has 1 atom stereocenters. The van der Waals surface area contributed by atoms with Crippen molar-refractivity contribution in [2.24, 2.45) is 5.92 Å². The second kappa shape index (κ2) is 6.50. The molecule has 0 aliphatic rings. The summed E-state index contributed by atoms with van der Waals surface area (Å²) in [6, 6.07) is 8.65. The van der Waals surface area contributed by atoms with Crippen LogP contribution in [0.5, 0.6) is 5.75 Å². The molecular formula is C14H24N2O. The molecule has 0 fully saturated rings. The normalized spacial score (nSPS) is 12.6. The highest BCUT2D eigenvalue weighted by molar-refractivity contribution is 5.50. The van der Waals surface area contributed by atoms with Gasteiger partial charge in [0.1, 0.15) is 5.75 Å². The minimum Gasteiger partial charge on any atom is -0.497 e. The van der Waals surface area contributed by atoms with Crippen molar-refractivity contribution in [3.8, 4) is 5.75 Å². The van der Waals surface area contributed by atoms with Crippen LogP contribution in [0.4, 0.5) is 5.69 Å². The second-order valence-electron chi connectivity index (χ2n) is 4.72. The highest BCUT2D eigenvalue weighted by atomic mass is 16.5. The van der Waals surface area contributed by atoms with Gasteiger partial charge >= 0.3 is 0 Å². The first kappa shape index (κ1) is 13.8. The van der Waals surface area contributed by atoms with Gasteiger partial charge in [-0.25, -0.2) is 0 Å². The molecule has 1 unspecified atom stereocenters. The lowest BCUT2D eigenvalue weighted by Crippen LogP contribution is -2.41. The van der Waals surface area contributed by atoms with Crippen LogP contribution in [0.25, 0.3) is 0 Å². The first-order valence-electron chi connectivity index (χ1n) is 6.11. The van der Waals surface area contributed by atoms with E-state index in [1.165, 1.54) is 5.69 Å². The molecule has 0 amide bonds.